The Morgan fingerprint density at radius 1 is 1.33 bits per heavy atom. The van der Waals surface area contributed by atoms with E-state index in [1.165, 1.54) is 12.8 Å². The van der Waals surface area contributed by atoms with E-state index in [2.05, 4.69) is 5.32 Å². The second kappa shape index (κ2) is 3.05. The Kier molecular flexibility index (Phi) is 2.05. The number of aliphatic carboxylic acids is 1. The van der Waals surface area contributed by atoms with E-state index in [9.17, 15) is 4.79 Å². The molecule has 0 aliphatic carbocycles. The van der Waals surface area contributed by atoms with Crippen molar-refractivity contribution in [3.05, 3.63) is 0 Å². The number of carboxylic acid groups (broad SMARTS) is 1. The van der Waals surface area contributed by atoms with Crippen molar-refractivity contribution in [2.75, 3.05) is 0 Å². The van der Waals surface area contributed by atoms with Gasteiger partial charge in [0.2, 0.25) is 0 Å². The SMILES string of the molecule is O=C(O)CC1CC2CCC(C1)N2. The minimum atomic E-state index is -0.638. The molecule has 2 atom stereocenters. The fraction of sp³-hybridized carbons (Fsp3) is 0.889. The second-order valence-corrected chi connectivity index (χ2v) is 4.07. The summed E-state index contributed by atoms with van der Waals surface area (Å²) in [4.78, 5) is 10.5. The first kappa shape index (κ1) is 8.05. The molecule has 0 spiro atoms. The van der Waals surface area contributed by atoms with Gasteiger partial charge in [-0.2, -0.15) is 0 Å². The summed E-state index contributed by atoms with van der Waals surface area (Å²) in [6.45, 7) is 0. The fourth-order valence-corrected chi connectivity index (χ4v) is 2.59. The number of carbonyl (C=O) groups is 1. The van der Waals surface area contributed by atoms with E-state index in [1.807, 2.05) is 0 Å². The van der Waals surface area contributed by atoms with Crippen LogP contribution >= 0.6 is 0 Å². The van der Waals surface area contributed by atoms with Crippen LogP contribution in [0, 0.1) is 5.92 Å². The zero-order chi connectivity index (χ0) is 8.55. The molecule has 2 unspecified atom stereocenters. The molecule has 2 saturated heterocycles. The van der Waals surface area contributed by atoms with E-state index < -0.39 is 5.97 Å². The van der Waals surface area contributed by atoms with Crippen LogP contribution in [0.1, 0.15) is 32.1 Å². The van der Waals surface area contributed by atoms with Gasteiger partial charge in [0.1, 0.15) is 0 Å². The van der Waals surface area contributed by atoms with E-state index >= 15 is 0 Å². The molecule has 2 aliphatic heterocycles. The summed E-state index contributed by atoms with van der Waals surface area (Å²) in [5, 5.41) is 12.1. The fourth-order valence-electron chi connectivity index (χ4n) is 2.59. The van der Waals surface area contributed by atoms with Gasteiger partial charge >= 0.3 is 5.97 Å². The maximum Gasteiger partial charge on any atom is 0.303 e. The van der Waals surface area contributed by atoms with Gasteiger partial charge < -0.3 is 10.4 Å². The number of hydrogen-bond acceptors (Lipinski definition) is 2. The van der Waals surface area contributed by atoms with Crippen LogP contribution in [0.25, 0.3) is 0 Å². The highest BCUT2D eigenvalue weighted by atomic mass is 16.4. The van der Waals surface area contributed by atoms with E-state index in [0.717, 1.165) is 12.8 Å². The molecule has 0 aromatic rings. The standard InChI is InChI=1S/C9H15NO2/c11-9(12)5-6-3-7-1-2-8(4-6)10-7/h6-8,10H,1-5H2,(H,11,12). The van der Waals surface area contributed by atoms with Crippen LogP contribution in [0.3, 0.4) is 0 Å². The van der Waals surface area contributed by atoms with Crippen molar-refractivity contribution in [3.63, 3.8) is 0 Å². The van der Waals surface area contributed by atoms with Crippen LogP contribution in [-0.4, -0.2) is 23.2 Å². The molecule has 0 aromatic carbocycles. The van der Waals surface area contributed by atoms with Gasteiger partial charge in [0, 0.05) is 18.5 Å². The van der Waals surface area contributed by atoms with E-state index in [0.29, 0.717) is 24.4 Å². The third-order valence-electron chi connectivity index (χ3n) is 3.03. The first-order chi connectivity index (χ1) is 5.74. The normalized spacial score (nSPS) is 39.8. The quantitative estimate of drug-likeness (QED) is 0.648. The van der Waals surface area contributed by atoms with Crippen molar-refractivity contribution < 1.29 is 9.90 Å². The topological polar surface area (TPSA) is 49.3 Å². The van der Waals surface area contributed by atoms with Gasteiger partial charge in [0.05, 0.1) is 0 Å². The zero-order valence-electron chi connectivity index (χ0n) is 7.12. The van der Waals surface area contributed by atoms with Crippen molar-refractivity contribution in [1.29, 1.82) is 0 Å². The van der Waals surface area contributed by atoms with Crippen molar-refractivity contribution in [2.45, 2.75) is 44.2 Å². The van der Waals surface area contributed by atoms with Crippen LogP contribution in [0.4, 0.5) is 0 Å². The predicted molar refractivity (Wildman–Crippen MR) is 44.9 cm³/mol. The van der Waals surface area contributed by atoms with Gasteiger partial charge in [-0.1, -0.05) is 0 Å². The number of nitrogens with one attached hydrogen (secondary N) is 1. The van der Waals surface area contributed by atoms with E-state index in [4.69, 9.17) is 5.11 Å². The van der Waals surface area contributed by atoms with Crippen LogP contribution in [-0.2, 0) is 4.79 Å². The maximum absolute atomic E-state index is 10.5. The summed E-state index contributed by atoms with van der Waals surface area (Å²) >= 11 is 0. The molecule has 0 radical (unpaired) electrons. The molecule has 0 aromatic heterocycles. The molecular weight excluding hydrogens is 154 g/mol. The number of rotatable bonds is 2. The van der Waals surface area contributed by atoms with Crippen LogP contribution in [0.5, 0.6) is 0 Å². The van der Waals surface area contributed by atoms with Crippen LogP contribution < -0.4 is 5.32 Å². The Hall–Kier alpha value is -0.570. The molecule has 3 nitrogen and oxygen atoms in total. The van der Waals surface area contributed by atoms with Gasteiger partial charge in [-0.15, -0.1) is 0 Å². The summed E-state index contributed by atoms with van der Waals surface area (Å²) in [6, 6.07) is 1.24. The average molecular weight is 169 g/mol. The molecule has 2 rings (SSSR count). The first-order valence-corrected chi connectivity index (χ1v) is 4.72. The Bertz CT molecular complexity index is 181. The van der Waals surface area contributed by atoms with Crippen molar-refractivity contribution in [1.82, 2.24) is 5.32 Å². The van der Waals surface area contributed by atoms with Gasteiger partial charge in [-0.05, 0) is 31.6 Å². The van der Waals surface area contributed by atoms with Gasteiger partial charge in [-0.25, -0.2) is 0 Å². The zero-order valence-corrected chi connectivity index (χ0v) is 7.12. The third kappa shape index (κ3) is 1.61. The molecule has 12 heavy (non-hydrogen) atoms. The lowest BCUT2D eigenvalue weighted by Crippen LogP contribution is -2.38. The summed E-state index contributed by atoms with van der Waals surface area (Å²) in [7, 11) is 0. The molecule has 2 heterocycles. The predicted octanol–water partition coefficient (Wildman–Crippen LogP) is 0.992. The molecule has 0 saturated carbocycles. The lowest BCUT2D eigenvalue weighted by atomic mass is 9.90. The molecule has 68 valence electrons. The Labute approximate surface area is 72.2 Å². The van der Waals surface area contributed by atoms with Gasteiger partial charge in [0.25, 0.3) is 0 Å². The molecule has 2 fully saturated rings. The Balaban J connectivity index is 1.89. The molecule has 3 heteroatoms. The highest BCUT2D eigenvalue weighted by molar-refractivity contribution is 5.67. The lowest BCUT2D eigenvalue weighted by molar-refractivity contribution is -0.138. The monoisotopic (exact) mass is 169 g/mol. The number of carboxylic acids is 1. The number of hydrogen-bond donors (Lipinski definition) is 2. The van der Waals surface area contributed by atoms with Crippen molar-refractivity contribution in [3.8, 4) is 0 Å². The van der Waals surface area contributed by atoms with Gasteiger partial charge in [0.15, 0.2) is 0 Å². The highest BCUT2D eigenvalue weighted by Gasteiger charge is 2.33. The first-order valence-electron chi connectivity index (χ1n) is 4.72. The van der Waals surface area contributed by atoms with Gasteiger partial charge in [-0.3, -0.25) is 4.79 Å². The molecule has 0 amide bonds. The Morgan fingerprint density at radius 2 is 1.92 bits per heavy atom. The summed E-state index contributed by atoms with van der Waals surface area (Å²) in [6.07, 6.45) is 5.02. The third-order valence-corrected chi connectivity index (χ3v) is 3.03. The Morgan fingerprint density at radius 3 is 2.42 bits per heavy atom. The molecular formula is C9H15NO2. The maximum atomic E-state index is 10.5. The molecule has 2 bridgehead atoms. The molecule has 2 N–H and O–H groups in total. The summed E-state index contributed by atoms with van der Waals surface area (Å²) < 4.78 is 0. The number of piperidine rings is 1. The van der Waals surface area contributed by atoms with Crippen LogP contribution in [0.15, 0.2) is 0 Å². The average Bonchev–Trinajstić information content (AvgIpc) is 2.29. The van der Waals surface area contributed by atoms with Crippen LogP contribution in [0.2, 0.25) is 0 Å². The minimum Gasteiger partial charge on any atom is -0.481 e. The number of fused-ring (bicyclic) bond motifs is 2. The van der Waals surface area contributed by atoms with E-state index in [1.54, 1.807) is 0 Å². The lowest BCUT2D eigenvalue weighted by Gasteiger charge is -2.27. The smallest absolute Gasteiger partial charge is 0.303 e. The summed E-state index contributed by atoms with van der Waals surface area (Å²) in [5.41, 5.74) is 0. The van der Waals surface area contributed by atoms with Crippen molar-refractivity contribution >= 4 is 5.97 Å². The van der Waals surface area contributed by atoms with Crippen molar-refractivity contribution in [2.24, 2.45) is 5.92 Å². The van der Waals surface area contributed by atoms with E-state index in [-0.39, 0.29) is 0 Å². The largest absolute Gasteiger partial charge is 0.481 e. The second-order valence-electron chi connectivity index (χ2n) is 4.07. The highest BCUT2D eigenvalue weighted by Crippen LogP contribution is 2.32. The summed E-state index contributed by atoms with van der Waals surface area (Å²) in [5.74, 6) is -0.206. The minimum absolute atomic E-state index is 0.370. The molecule has 2 aliphatic rings.